The van der Waals surface area contributed by atoms with E-state index in [1.165, 1.54) is 0 Å². The first-order chi connectivity index (χ1) is 9.48. The Morgan fingerprint density at radius 3 is 1.60 bits per heavy atom. The Hall–Kier alpha value is -1.38. The third kappa shape index (κ3) is 3.81. The molecule has 0 fully saturated rings. The molecule has 6 heteroatoms. The number of benzene rings is 2. The van der Waals surface area contributed by atoms with Crippen molar-refractivity contribution in [3.05, 3.63) is 60.7 Å². The standard InChI is InChI=1S/2C6H5.C2HF3O2.Tl/c2*1-2-4-6-5-3-1;3-2(4,5)1(6)7;/h2*1-5H;(H,6,7);/q;;;+1/p-1. The molecule has 0 saturated carbocycles. The fourth-order valence-corrected chi connectivity index (χ4v) is 10.1. The molecule has 0 spiro atoms. The van der Waals surface area contributed by atoms with E-state index >= 15 is 0 Å². The van der Waals surface area contributed by atoms with Gasteiger partial charge in [0.15, 0.2) is 0 Å². The maximum atomic E-state index is 12.4. The predicted molar refractivity (Wildman–Crippen MR) is 70.1 cm³/mol. The van der Waals surface area contributed by atoms with Crippen molar-refractivity contribution >= 4 is 35.4 Å². The summed E-state index contributed by atoms with van der Waals surface area (Å²) < 4.78 is 43.5. The van der Waals surface area contributed by atoms with Crippen LogP contribution in [0.3, 0.4) is 0 Å². The molecule has 2 rings (SSSR count). The average molecular weight is 472 g/mol. The molecule has 0 aliphatic heterocycles. The summed E-state index contributed by atoms with van der Waals surface area (Å²) in [6.07, 6.45) is -4.96. The molecule has 0 aliphatic rings. The van der Waals surface area contributed by atoms with Crippen LogP contribution < -0.4 is 6.25 Å². The number of carbonyl (C=O) groups excluding carboxylic acids is 1. The van der Waals surface area contributed by atoms with E-state index in [0.29, 0.717) is 6.25 Å². The Bertz CT molecular complexity index is 530. The maximum absolute atomic E-state index is 12.4. The molecule has 0 aromatic heterocycles. The van der Waals surface area contributed by atoms with Gasteiger partial charge in [-0.3, -0.25) is 0 Å². The van der Waals surface area contributed by atoms with E-state index in [1.807, 2.05) is 0 Å². The molecule has 0 unspecified atom stereocenters. The molecule has 0 heterocycles. The molecule has 102 valence electrons. The number of halogens is 3. The van der Waals surface area contributed by atoms with Crippen LogP contribution in [0.25, 0.3) is 0 Å². The van der Waals surface area contributed by atoms with Crippen LogP contribution >= 0.6 is 0 Å². The summed E-state index contributed by atoms with van der Waals surface area (Å²) in [4.78, 5) is 11.1. The Labute approximate surface area is 123 Å². The van der Waals surface area contributed by atoms with Gasteiger partial charge < -0.3 is 0 Å². The first-order valence-corrected chi connectivity index (χ1v) is 12.2. The zero-order chi connectivity index (χ0) is 14.6. The van der Waals surface area contributed by atoms with Gasteiger partial charge in [-0.2, -0.15) is 0 Å². The molecular formula is C14H10F3O2Tl. The summed E-state index contributed by atoms with van der Waals surface area (Å²) in [5.74, 6) is -2.10. The van der Waals surface area contributed by atoms with E-state index < -0.39 is 35.3 Å². The summed E-state index contributed by atoms with van der Waals surface area (Å²) in [7, 11) is 0. The van der Waals surface area contributed by atoms with E-state index in [4.69, 9.17) is 2.69 Å². The second-order valence-corrected chi connectivity index (χ2v) is 13.2. The van der Waals surface area contributed by atoms with Gasteiger partial charge in [-0.15, -0.1) is 0 Å². The summed E-state index contributed by atoms with van der Waals surface area (Å²) in [5, 5.41) is 0. The van der Waals surface area contributed by atoms with Crippen LogP contribution in [0.2, 0.25) is 0 Å². The molecule has 0 radical (unpaired) electrons. The van der Waals surface area contributed by atoms with Crippen molar-refractivity contribution in [3.8, 4) is 0 Å². The normalized spacial score (nSPS) is 10.9. The summed E-state index contributed by atoms with van der Waals surface area (Å²) in [6.45, 7) is 0. The molecular weight excluding hydrogens is 462 g/mol. The van der Waals surface area contributed by atoms with Gasteiger partial charge >= 0.3 is 123 Å². The summed E-state index contributed by atoms with van der Waals surface area (Å²) >= 11 is -3.64. The van der Waals surface area contributed by atoms with Gasteiger partial charge in [-0.25, -0.2) is 0 Å². The van der Waals surface area contributed by atoms with Gasteiger partial charge in [0.2, 0.25) is 0 Å². The molecule has 0 aliphatic carbocycles. The molecule has 0 bridgehead atoms. The molecule has 2 aromatic carbocycles. The van der Waals surface area contributed by atoms with Crippen molar-refractivity contribution in [2.24, 2.45) is 0 Å². The van der Waals surface area contributed by atoms with Gasteiger partial charge in [0, 0.05) is 0 Å². The second kappa shape index (κ2) is 6.38. The van der Waals surface area contributed by atoms with Gasteiger partial charge in [0.1, 0.15) is 0 Å². The fraction of sp³-hybridized carbons (Fsp3) is 0.0714. The zero-order valence-corrected chi connectivity index (χ0v) is 14.8. The predicted octanol–water partition coefficient (Wildman–Crippen LogP) is 1.90. The van der Waals surface area contributed by atoms with E-state index in [9.17, 15) is 18.0 Å². The van der Waals surface area contributed by atoms with E-state index in [1.54, 1.807) is 60.7 Å². The minimum absolute atomic E-state index is 0.705. The van der Waals surface area contributed by atoms with Gasteiger partial charge in [0.05, 0.1) is 0 Å². The first kappa shape index (κ1) is 15.0. The molecule has 20 heavy (non-hydrogen) atoms. The topological polar surface area (TPSA) is 26.3 Å². The third-order valence-electron chi connectivity index (χ3n) is 2.66. The number of hydrogen-bond donors (Lipinski definition) is 0. The molecule has 0 saturated heterocycles. The first-order valence-electron chi connectivity index (χ1n) is 5.86. The number of alkyl halides is 3. The zero-order valence-electron chi connectivity index (χ0n) is 10.3. The molecule has 2 aromatic rings. The Kier molecular flexibility index (Phi) is 4.79. The van der Waals surface area contributed by atoms with Gasteiger partial charge in [-0.05, 0) is 0 Å². The van der Waals surface area contributed by atoms with Crippen molar-refractivity contribution < 1.29 is 20.7 Å². The summed E-state index contributed by atoms with van der Waals surface area (Å²) in [5.41, 5.74) is 0. The SMILES string of the molecule is O=C([O][Tl]([c]1ccccc1)[c]1ccccc1)C(F)(F)F. The summed E-state index contributed by atoms with van der Waals surface area (Å²) in [6, 6.07) is 17.3. The minimum atomic E-state index is -4.96. The van der Waals surface area contributed by atoms with Crippen LogP contribution in [0.5, 0.6) is 0 Å². The van der Waals surface area contributed by atoms with Gasteiger partial charge in [-0.1, -0.05) is 0 Å². The molecule has 0 amide bonds. The van der Waals surface area contributed by atoms with Crippen LogP contribution in [-0.4, -0.2) is 35.3 Å². The Morgan fingerprint density at radius 2 is 1.25 bits per heavy atom. The van der Waals surface area contributed by atoms with E-state index in [-0.39, 0.29) is 0 Å². The second-order valence-electron chi connectivity index (χ2n) is 4.10. The van der Waals surface area contributed by atoms with Crippen molar-refractivity contribution in [2.75, 3.05) is 0 Å². The van der Waals surface area contributed by atoms with Gasteiger partial charge in [0.25, 0.3) is 0 Å². The van der Waals surface area contributed by atoms with Crippen LogP contribution in [-0.2, 0) is 7.48 Å². The monoisotopic (exact) mass is 472 g/mol. The van der Waals surface area contributed by atoms with Crippen molar-refractivity contribution in [2.45, 2.75) is 6.18 Å². The van der Waals surface area contributed by atoms with Crippen molar-refractivity contribution in [3.63, 3.8) is 0 Å². The molecule has 0 N–H and O–H groups in total. The third-order valence-corrected chi connectivity index (χ3v) is 12.1. The molecule has 2 nitrogen and oxygen atoms in total. The number of rotatable bonds is 3. The van der Waals surface area contributed by atoms with Crippen molar-refractivity contribution in [1.82, 2.24) is 0 Å². The average Bonchev–Trinajstić information content (AvgIpc) is 2.45. The fourth-order valence-electron chi connectivity index (χ4n) is 1.76. The Morgan fingerprint density at radius 1 is 0.850 bits per heavy atom. The van der Waals surface area contributed by atoms with Crippen LogP contribution in [0, 0.1) is 0 Å². The van der Waals surface area contributed by atoms with E-state index in [2.05, 4.69) is 0 Å². The van der Waals surface area contributed by atoms with Crippen LogP contribution in [0.4, 0.5) is 13.2 Å². The Balaban J connectivity index is 2.34. The van der Waals surface area contributed by atoms with Crippen LogP contribution in [0.15, 0.2) is 60.7 Å². The van der Waals surface area contributed by atoms with Crippen LogP contribution in [0.1, 0.15) is 0 Å². The quantitative estimate of drug-likeness (QED) is 0.640. The number of carbonyl (C=O) groups is 1. The number of hydrogen-bond acceptors (Lipinski definition) is 2. The van der Waals surface area contributed by atoms with E-state index in [0.717, 1.165) is 0 Å². The van der Waals surface area contributed by atoms with Crippen molar-refractivity contribution in [1.29, 1.82) is 0 Å². The molecule has 0 atom stereocenters.